The maximum atomic E-state index is 12.3. The van der Waals surface area contributed by atoms with Gasteiger partial charge in [-0.1, -0.05) is 40.7 Å². The molecule has 0 aromatic rings. The average molecular weight is 462 g/mol. The van der Waals surface area contributed by atoms with Crippen molar-refractivity contribution in [1.29, 1.82) is 0 Å². The number of rotatable bonds is 12. The van der Waals surface area contributed by atoms with Gasteiger partial charge in [0.15, 0.2) is 0 Å². The van der Waals surface area contributed by atoms with Crippen LogP contribution in [0.3, 0.4) is 0 Å². The molecule has 30 heavy (non-hydrogen) atoms. The quantitative estimate of drug-likeness (QED) is 0.230. The number of ether oxygens (including phenoxy) is 1. The molecule has 9 heteroatoms. The van der Waals surface area contributed by atoms with Gasteiger partial charge in [-0.3, -0.25) is 9.59 Å². The Morgan fingerprint density at radius 1 is 1.27 bits per heavy atom. The van der Waals surface area contributed by atoms with Crippen molar-refractivity contribution in [2.24, 2.45) is 5.92 Å². The van der Waals surface area contributed by atoms with Crippen molar-refractivity contribution in [3.63, 3.8) is 0 Å². The molecule has 172 valence electrons. The number of carbonyl (C=O) groups excluding carboxylic acids is 2. The van der Waals surface area contributed by atoms with Crippen LogP contribution in [-0.2, 0) is 19.1 Å². The fourth-order valence-corrected chi connectivity index (χ4v) is 5.51. The lowest BCUT2D eigenvalue weighted by Crippen LogP contribution is -2.42. The molecule has 0 aromatic carbocycles. The van der Waals surface area contributed by atoms with Gasteiger partial charge >= 0.3 is 11.9 Å². The zero-order valence-electron chi connectivity index (χ0n) is 18.1. The topological polar surface area (TPSA) is 113 Å². The van der Waals surface area contributed by atoms with E-state index in [-0.39, 0.29) is 35.4 Å². The molecule has 3 N–H and O–H groups in total. The number of aliphatic carboxylic acids is 1. The Bertz CT molecular complexity index is 596. The van der Waals surface area contributed by atoms with Crippen molar-refractivity contribution in [3.8, 4) is 0 Å². The molecule has 0 radical (unpaired) electrons. The number of carboxylic acids is 1. The highest BCUT2D eigenvalue weighted by Crippen LogP contribution is 2.36. The van der Waals surface area contributed by atoms with Crippen LogP contribution < -0.4 is 5.32 Å². The van der Waals surface area contributed by atoms with Crippen molar-refractivity contribution in [2.45, 2.75) is 82.6 Å². The Morgan fingerprint density at radius 2 is 2.00 bits per heavy atom. The van der Waals surface area contributed by atoms with Gasteiger partial charge in [0.2, 0.25) is 5.91 Å². The number of esters is 1. The fraction of sp³-hybridized carbons (Fsp3) is 0.762. The Morgan fingerprint density at radius 3 is 2.67 bits per heavy atom. The Balaban J connectivity index is 2.38. The lowest BCUT2D eigenvalue weighted by molar-refractivity contribution is -0.144. The molecule has 3 atom stereocenters. The molecule has 0 bridgehead atoms. The van der Waals surface area contributed by atoms with Crippen molar-refractivity contribution in [2.75, 3.05) is 12.4 Å². The third-order valence-electron chi connectivity index (χ3n) is 4.77. The normalized spacial score (nSPS) is 21.7. The van der Waals surface area contributed by atoms with E-state index < -0.39 is 18.1 Å². The van der Waals surface area contributed by atoms with Crippen LogP contribution in [0.4, 0.5) is 0 Å². The third kappa shape index (κ3) is 11.9. The zero-order chi connectivity index (χ0) is 22.6. The molecule has 7 nitrogen and oxygen atoms in total. The van der Waals surface area contributed by atoms with Crippen LogP contribution in [0.25, 0.3) is 0 Å². The molecule has 0 aliphatic heterocycles. The van der Waals surface area contributed by atoms with E-state index in [0.29, 0.717) is 25.2 Å². The minimum atomic E-state index is -1.06. The van der Waals surface area contributed by atoms with E-state index in [1.807, 2.05) is 26.0 Å². The van der Waals surface area contributed by atoms with E-state index in [1.165, 1.54) is 21.6 Å². The first-order valence-corrected chi connectivity index (χ1v) is 12.8. The minimum Gasteiger partial charge on any atom is -0.480 e. The molecule has 0 saturated heterocycles. The predicted octanol–water partition coefficient (Wildman–Crippen LogP) is 3.56. The smallest absolute Gasteiger partial charge is 0.327 e. The lowest BCUT2D eigenvalue weighted by Gasteiger charge is -2.24. The first kappa shape index (κ1) is 26.8. The van der Waals surface area contributed by atoms with Crippen molar-refractivity contribution >= 4 is 39.4 Å². The van der Waals surface area contributed by atoms with Crippen molar-refractivity contribution < 1.29 is 29.3 Å². The van der Waals surface area contributed by atoms with Crippen LogP contribution in [-0.4, -0.2) is 57.3 Å². The van der Waals surface area contributed by atoms with Crippen LogP contribution in [0.2, 0.25) is 0 Å². The maximum absolute atomic E-state index is 12.3. The fourth-order valence-electron chi connectivity index (χ4n) is 2.94. The first-order chi connectivity index (χ1) is 14.1. The molecule has 0 unspecified atom stereocenters. The van der Waals surface area contributed by atoms with Gasteiger partial charge in [-0.25, -0.2) is 4.79 Å². The molecule has 0 heterocycles. The summed E-state index contributed by atoms with van der Waals surface area (Å²) in [6.45, 7) is 5.81. The van der Waals surface area contributed by atoms with Gasteiger partial charge in [0.1, 0.15) is 12.6 Å². The summed E-state index contributed by atoms with van der Waals surface area (Å²) in [5.74, 6) is -1.01. The molecule has 1 amide bonds. The Labute approximate surface area is 187 Å². The van der Waals surface area contributed by atoms with E-state index in [4.69, 9.17) is 4.74 Å². The van der Waals surface area contributed by atoms with Gasteiger partial charge in [0.25, 0.3) is 0 Å². The zero-order valence-corrected chi connectivity index (χ0v) is 19.7. The molecule has 1 aliphatic carbocycles. The molecular weight excluding hydrogens is 426 g/mol. The number of aliphatic hydroxyl groups is 1. The number of aliphatic hydroxyl groups excluding tert-OH is 1. The SMILES string of the molecule is CCC(=O)OCC(C)(C)SSC[C@@H](NC(=O)CC[C@H]1CC/C=C/[C@@H](O)CC1)C(=O)O. The van der Waals surface area contributed by atoms with E-state index in [9.17, 15) is 24.6 Å². The summed E-state index contributed by atoms with van der Waals surface area (Å²) < 4.78 is 4.80. The largest absolute Gasteiger partial charge is 0.480 e. The van der Waals surface area contributed by atoms with E-state index >= 15 is 0 Å². The highest BCUT2D eigenvalue weighted by Gasteiger charge is 2.25. The molecule has 0 saturated carbocycles. The number of hydrogen-bond donors (Lipinski definition) is 3. The van der Waals surface area contributed by atoms with E-state index in [1.54, 1.807) is 6.92 Å². The highest BCUT2D eigenvalue weighted by molar-refractivity contribution is 8.77. The van der Waals surface area contributed by atoms with Crippen LogP contribution in [0.15, 0.2) is 12.2 Å². The van der Waals surface area contributed by atoms with E-state index in [0.717, 1.165) is 19.3 Å². The molecule has 0 spiro atoms. The number of amides is 1. The monoisotopic (exact) mass is 461 g/mol. The Kier molecular flexibility index (Phi) is 12.5. The summed E-state index contributed by atoms with van der Waals surface area (Å²) in [5, 5.41) is 21.8. The number of carboxylic acid groups (broad SMARTS) is 1. The van der Waals surface area contributed by atoms with Gasteiger partial charge in [-0.15, -0.1) is 0 Å². The third-order valence-corrected chi connectivity index (χ3v) is 8.04. The van der Waals surface area contributed by atoms with Crippen molar-refractivity contribution in [1.82, 2.24) is 5.32 Å². The van der Waals surface area contributed by atoms with Gasteiger partial charge in [0, 0.05) is 18.6 Å². The lowest BCUT2D eigenvalue weighted by atomic mass is 9.89. The summed E-state index contributed by atoms with van der Waals surface area (Å²) >= 11 is 0. The molecular formula is C21H35NO6S2. The summed E-state index contributed by atoms with van der Waals surface area (Å²) in [4.78, 5) is 35.1. The van der Waals surface area contributed by atoms with Crippen LogP contribution in [0, 0.1) is 5.92 Å². The standard InChI is InChI=1S/C21H35NO6S2/c1-4-19(25)28-14-21(2,3)30-29-13-17(20(26)27)22-18(24)12-10-15-7-5-6-8-16(23)11-9-15/h6,8,15-17,23H,4-5,7,9-14H2,1-3H3,(H,22,24)(H,26,27)/b8-6+/t15-,16+,17+/m0/s1. The minimum absolute atomic E-state index is 0.220. The first-order valence-electron chi connectivity index (χ1n) is 10.5. The Hall–Kier alpha value is -1.19. The average Bonchev–Trinajstić information content (AvgIpc) is 2.67. The number of carbonyl (C=O) groups is 3. The number of nitrogens with one attached hydrogen (secondary N) is 1. The second kappa shape index (κ2) is 14.0. The summed E-state index contributed by atoms with van der Waals surface area (Å²) in [6.07, 6.45) is 8.11. The van der Waals surface area contributed by atoms with E-state index in [2.05, 4.69) is 5.32 Å². The second-order valence-corrected chi connectivity index (χ2v) is 11.2. The molecule has 1 aliphatic rings. The predicted molar refractivity (Wildman–Crippen MR) is 121 cm³/mol. The number of allylic oxidation sites excluding steroid dienone is 1. The van der Waals surface area contributed by atoms with Gasteiger partial charge in [-0.2, -0.15) is 0 Å². The van der Waals surface area contributed by atoms with Crippen LogP contribution >= 0.6 is 21.6 Å². The summed E-state index contributed by atoms with van der Waals surface area (Å²) in [6, 6.07) is -0.967. The molecule has 0 fully saturated rings. The second-order valence-electron chi connectivity index (χ2n) is 8.16. The van der Waals surface area contributed by atoms with Crippen LogP contribution in [0.5, 0.6) is 0 Å². The van der Waals surface area contributed by atoms with Gasteiger partial charge < -0.3 is 20.3 Å². The van der Waals surface area contributed by atoms with Crippen LogP contribution in [0.1, 0.15) is 65.7 Å². The highest BCUT2D eigenvalue weighted by atomic mass is 33.1. The summed E-state index contributed by atoms with van der Waals surface area (Å²) in [7, 11) is 2.78. The van der Waals surface area contributed by atoms with Gasteiger partial charge in [0.05, 0.1) is 10.9 Å². The maximum Gasteiger partial charge on any atom is 0.327 e. The van der Waals surface area contributed by atoms with Crippen molar-refractivity contribution in [3.05, 3.63) is 12.2 Å². The molecule has 0 aromatic heterocycles. The van der Waals surface area contributed by atoms with Gasteiger partial charge in [-0.05, 0) is 51.9 Å². The number of hydrogen-bond acceptors (Lipinski definition) is 7. The summed E-state index contributed by atoms with van der Waals surface area (Å²) in [5.41, 5.74) is 0. The molecule has 1 rings (SSSR count).